The zero-order valence-corrected chi connectivity index (χ0v) is 15.1. The summed E-state index contributed by atoms with van der Waals surface area (Å²) in [5, 5.41) is 9.78. The molecular formula is C20H30O4. The van der Waals surface area contributed by atoms with Gasteiger partial charge in [0, 0.05) is 12.3 Å². The first-order valence-corrected chi connectivity index (χ1v) is 9.11. The molecule has 0 radical (unpaired) electrons. The summed E-state index contributed by atoms with van der Waals surface area (Å²) >= 11 is 0. The molecule has 1 heterocycles. The molecule has 3 rings (SSSR count). The Hall–Kier alpha value is -0.970. The first-order valence-electron chi connectivity index (χ1n) is 9.11. The Balaban J connectivity index is 1.97. The standard InChI is InChI=1S/C20H30O4/c1-13-6-7-16-19(2,3)8-5-9-20(16,4)18(13)15-10-14(12-21)11-17(22)24-23-15/h10,12,15-18,22H,1,5-9,11H2,2-4H3/t15?,16?,17?,18?,20-/m0/s1. The smallest absolute Gasteiger partial charge is 0.192 e. The summed E-state index contributed by atoms with van der Waals surface area (Å²) in [6.07, 6.45) is 7.10. The lowest BCUT2D eigenvalue weighted by Crippen LogP contribution is -2.52. The van der Waals surface area contributed by atoms with Crippen molar-refractivity contribution in [2.24, 2.45) is 22.7 Å². The van der Waals surface area contributed by atoms with Crippen molar-refractivity contribution in [3.63, 3.8) is 0 Å². The van der Waals surface area contributed by atoms with Crippen molar-refractivity contribution in [3.8, 4) is 0 Å². The van der Waals surface area contributed by atoms with Crippen molar-refractivity contribution >= 4 is 6.29 Å². The molecule has 2 aliphatic carbocycles. The maximum absolute atomic E-state index is 11.3. The first-order chi connectivity index (χ1) is 11.3. The van der Waals surface area contributed by atoms with Crippen LogP contribution in [0, 0.1) is 22.7 Å². The third kappa shape index (κ3) is 3.00. The molecule has 3 aliphatic rings. The second kappa shape index (κ2) is 6.40. The molecule has 0 aromatic rings. The lowest BCUT2D eigenvalue weighted by atomic mass is 9.47. The lowest BCUT2D eigenvalue weighted by molar-refractivity contribution is -0.389. The average Bonchev–Trinajstić information content (AvgIpc) is 2.67. The van der Waals surface area contributed by atoms with Crippen molar-refractivity contribution < 1.29 is 19.7 Å². The van der Waals surface area contributed by atoms with Gasteiger partial charge in [-0.3, -0.25) is 4.79 Å². The predicted octanol–water partition coefficient (Wildman–Crippen LogP) is 3.95. The van der Waals surface area contributed by atoms with Crippen LogP contribution in [0.15, 0.2) is 23.8 Å². The normalized spacial score (nSPS) is 42.7. The number of aliphatic hydroxyl groups excluding tert-OH is 1. The number of hydrogen-bond acceptors (Lipinski definition) is 4. The highest BCUT2D eigenvalue weighted by molar-refractivity contribution is 5.73. The van der Waals surface area contributed by atoms with Crippen molar-refractivity contribution in [2.45, 2.75) is 71.7 Å². The minimum Gasteiger partial charge on any atom is -0.365 e. The van der Waals surface area contributed by atoms with Gasteiger partial charge in [0.15, 0.2) is 6.29 Å². The third-order valence-electron chi connectivity index (χ3n) is 6.73. The van der Waals surface area contributed by atoms with E-state index < -0.39 is 6.29 Å². The summed E-state index contributed by atoms with van der Waals surface area (Å²) in [5.41, 5.74) is 2.09. The molecule has 0 saturated heterocycles. The topological polar surface area (TPSA) is 55.8 Å². The Morgan fingerprint density at radius 3 is 2.75 bits per heavy atom. The van der Waals surface area contributed by atoms with E-state index in [-0.39, 0.29) is 23.9 Å². The van der Waals surface area contributed by atoms with E-state index in [0.29, 0.717) is 16.9 Å². The number of rotatable bonds is 2. The second-order valence-electron chi connectivity index (χ2n) is 8.75. The zero-order chi connectivity index (χ0) is 17.5. The summed E-state index contributed by atoms with van der Waals surface area (Å²) in [6.45, 7) is 11.4. The van der Waals surface area contributed by atoms with Crippen LogP contribution in [0.2, 0.25) is 0 Å². The van der Waals surface area contributed by atoms with E-state index in [0.717, 1.165) is 19.1 Å². The molecule has 1 N–H and O–H groups in total. The minimum absolute atomic E-state index is 0.0743. The quantitative estimate of drug-likeness (QED) is 0.472. The van der Waals surface area contributed by atoms with Gasteiger partial charge >= 0.3 is 0 Å². The Morgan fingerprint density at radius 1 is 1.29 bits per heavy atom. The zero-order valence-electron chi connectivity index (χ0n) is 15.1. The number of aliphatic hydroxyl groups is 1. The summed E-state index contributed by atoms with van der Waals surface area (Å²) in [6, 6.07) is 0. The molecular weight excluding hydrogens is 304 g/mol. The third-order valence-corrected chi connectivity index (χ3v) is 6.73. The van der Waals surface area contributed by atoms with Gasteiger partial charge in [-0.1, -0.05) is 39.3 Å². The van der Waals surface area contributed by atoms with Crippen LogP contribution in [0.5, 0.6) is 0 Å². The average molecular weight is 334 g/mol. The molecule has 4 heteroatoms. The number of carbonyl (C=O) groups is 1. The lowest BCUT2D eigenvalue weighted by Gasteiger charge is -2.58. The Labute approximate surface area is 144 Å². The highest BCUT2D eigenvalue weighted by Gasteiger charge is 2.55. The van der Waals surface area contributed by atoms with E-state index in [9.17, 15) is 9.90 Å². The van der Waals surface area contributed by atoms with Gasteiger partial charge in [-0.25, -0.2) is 9.78 Å². The molecule has 0 spiro atoms. The van der Waals surface area contributed by atoms with Gasteiger partial charge in [0.2, 0.25) is 0 Å². The van der Waals surface area contributed by atoms with Crippen molar-refractivity contribution in [1.29, 1.82) is 0 Å². The van der Waals surface area contributed by atoms with Crippen LogP contribution in [0.3, 0.4) is 0 Å². The number of aldehydes is 1. The predicted molar refractivity (Wildman–Crippen MR) is 91.8 cm³/mol. The minimum atomic E-state index is -1.09. The van der Waals surface area contributed by atoms with E-state index >= 15 is 0 Å². The molecule has 2 saturated carbocycles. The Morgan fingerprint density at radius 2 is 2.04 bits per heavy atom. The van der Waals surface area contributed by atoms with Gasteiger partial charge in [-0.2, -0.15) is 0 Å². The molecule has 134 valence electrons. The van der Waals surface area contributed by atoms with Crippen molar-refractivity contribution in [1.82, 2.24) is 0 Å². The van der Waals surface area contributed by atoms with Gasteiger partial charge < -0.3 is 5.11 Å². The molecule has 0 aromatic carbocycles. The largest absolute Gasteiger partial charge is 0.365 e. The molecule has 2 fully saturated rings. The molecule has 0 aromatic heterocycles. The summed E-state index contributed by atoms with van der Waals surface area (Å²) in [4.78, 5) is 22.0. The highest BCUT2D eigenvalue weighted by atomic mass is 17.2. The van der Waals surface area contributed by atoms with Crippen molar-refractivity contribution in [3.05, 3.63) is 23.8 Å². The summed E-state index contributed by atoms with van der Waals surface area (Å²) in [7, 11) is 0. The van der Waals surface area contributed by atoms with Gasteiger partial charge in [0.1, 0.15) is 12.4 Å². The first kappa shape index (κ1) is 17.8. The van der Waals surface area contributed by atoms with Gasteiger partial charge in [0.25, 0.3) is 0 Å². The fourth-order valence-corrected chi connectivity index (χ4v) is 5.73. The number of hydrogen-bond donors (Lipinski definition) is 1. The summed E-state index contributed by atoms with van der Waals surface area (Å²) < 4.78 is 0. The molecule has 24 heavy (non-hydrogen) atoms. The van der Waals surface area contributed by atoms with Crippen molar-refractivity contribution in [2.75, 3.05) is 0 Å². The van der Waals surface area contributed by atoms with E-state index in [4.69, 9.17) is 9.78 Å². The summed E-state index contributed by atoms with van der Waals surface area (Å²) in [5.74, 6) is 0.704. The van der Waals surface area contributed by atoms with Crippen LogP contribution < -0.4 is 0 Å². The van der Waals surface area contributed by atoms with Crippen LogP contribution in [0.4, 0.5) is 0 Å². The SMILES string of the molecule is C=C1CCC2C(C)(C)CCC[C@]2(C)C1C1C=C(C=O)CC(O)OO1. The molecule has 4 nitrogen and oxygen atoms in total. The van der Waals surface area contributed by atoms with E-state index in [1.807, 2.05) is 6.08 Å². The van der Waals surface area contributed by atoms with Crippen LogP contribution in [-0.2, 0) is 14.6 Å². The fraction of sp³-hybridized carbons (Fsp3) is 0.750. The molecule has 0 amide bonds. The maximum Gasteiger partial charge on any atom is 0.192 e. The van der Waals surface area contributed by atoms with E-state index in [2.05, 4.69) is 27.4 Å². The monoisotopic (exact) mass is 334 g/mol. The van der Waals surface area contributed by atoms with Crippen LogP contribution in [-0.4, -0.2) is 23.8 Å². The number of fused-ring (bicyclic) bond motifs is 1. The van der Waals surface area contributed by atoms with Gasteiger partial charge in [0.05, 0.1) is 0 Å². The molecule has 4 unspecified atom stereocenters. The van der Waals surface area contributed by atoms with E-state index in [1.54, 1.807) is 0 Å². The van der Waals surface area contributed by atoms with Gasteiger partial charge in [-0.05, 0) is 54.1 Å². The van der Waals surface area contributed by atoms with Crippen LogP contribution in [0.25, 0.3) is 0 Å². The Kier molecular flexibility index (Phi) is 4.75. The fourth-order valence-electron chi connectivity index (χ4n) is 5.73. The second-order valence-corrected chi connectivity index (χ2v) is 8.75. The molecule has 1 aliphatic heterocycles. The van der Waals surface area contributed by atoms with Gasteiger partial charge in [-0.15, -0.1) is 0 Å². The molecule has 0 bridgehead atoms. The van der Waals surface area contributed by atoms with Crippen LogP contribution in [0.1, 0.15) is 59.3 Å². The maximum atomic E-state index is 11.3. The Bertz CT molecular complexity index is 550. The molecule has 5 atom stereocenters. The highest BCUT2D eigenvalue weighted by Crippen LogP contribution is 2.62. The van der Waals surface area contributed by atoms with E-state index in [1.165, 1.54) is 24.8 Å². The van der Waals surface area contributed by atoms with Crippen LogP contribution >= 0.6 is 0 Å². The number of carbonyl (C=O) groups excluding carboxylic acids is 1.